The van der Waals surface area contributed by atoms with E-state index in [-0.39, 0.29) is 13.2 Å². The maximum absolute atomic E-state index is 9.04. The summed E-state index contributed by atoms with van der Waals surface area (Å²) in [6.07, 6.45) is 2.33. The van der Waals surface area contributed by atoms with Crippen molar-refractivity contribution in [3.63, 3.8) is 0 Å². The third-order valence-corrected chi connectivity index (χ3v) is 1.81. The maximum Gasteiger partial charge on any atom is 0.0942 e. The number of nitrogens with zero attached hydrogens (tertiary/aromatic N) is 1. The van der Waals surface area contributed by atoms with E-state index in [9.17, 15) is 0 Å². The Morgan fingerprint density at radius 1 is 1.62 bits per heavy atom. The first-order valence-corrected chi connectivity index (χ1v) is 4.24. The molecule has 0 saturated carbocycles. The normalized spacial score (nSPS) is 12.5. The highest BCUT2D eigenvalue weighted by Crippen LogP contribution is 2.18. The van der Waals surface area contributed by atoms with Gasteiger partial charge in [-0.15, -0.1) is 0 Å². The van der Waals surface area contributed by atoms with Crippen LogP contribution in [0.4, 0.5) is 5.69 Å². The van der Waals surface area contributed by atoms with Crippen molar-refractivity contribution in [3.05, 3.63) is 23.5 Å². The Bertz CT molecular complexity index is 270. The molecule has 0 fully saturated rings. The zero-order chi connectivity index (χ0) is 9.68. The Labute approximate surface area is 81.2 Å². The van der Waals surface area contributed by atoms with Gasteiger partial charge in [-0.05, 0) is 6.07 Å². The minimum atomic E-state index is -0.774. The van der Waals surface area contributed by atoms with Crippen molar-refractivity contribution >= 4 is 17.3 Å². The Morgan fingerprint density at radius 3 is 3.00 bits per heavy atom. The summed E-state index contributed by atoms with van der Waals surface area (Å²) in [5, 5.41) is 21.0. The van der Waals surface area contributed by atoms with E-state index in [0.29, 0.717) is 10.7 Å². The van der Waals surface area contributed by atoms with Crippen molar-refractivity contribution in [2.24, 2.45) is 0 Å². The summed E-state index contributed by atoms with van der Waals surface area (Å²) in [7, 11) is 0. The molecule has 1 unspecified atom stereocenters. The molecule has 0 aliphatic carbocycles. The van der Waals surface area contributed by atoms with Crippen LogP contribution in [0.3, 0.4) is 0 Å². The molecule has 1 rings (SSSR count). The van der Waals surface area contributed by atoms with Gasteiger partial charge >= 0.3 is 0 Å². The number of pyridine rings is 1. The van der Waals surface area contributed by atoms with Crippen molar-refractivity contribution in [3.8, 4) is 0 Å². The molecule has 0 aliphatic heterocycles. The van der Waals surface area contributed by atoms with Gasteiger partial charge in [-0.25, -0.2) is 0 Å². The first-order chi connectivity index (χ1) is 6.24. The third-order valence-electron chi connectivity index (χ3n) is 1.51. The van der Waals surface area contributed by atoms with Crippen molar-refractivity contribution in [2.45, 2.75) is 6.10 Å². The van der Waals surface area contributed by atoms with Gasteiger partial charge < -0.3 is 15.5 Å². The molecule has 1 aromatic heterocycles. The highest BCUT2D eigenvalue weighted by Gasteiger charge is 2.03. The Hall–Kier alpha value is -0.840. The van der Waals surface area contributed by atoms with Gasteiger partial charge in [0.05, 0.1) is 23.4 Å². The standard InChI is InChI=1S/C8H11ClN2O2/c9-7-4-10-2-1-8(7)11-3-6(13)5-12/h1-2,4,6,12-13H,3,5H2,(H,10,11). The molecule has 0 saturated heterocycles. The second-order valence-corrected chi connectivity index (χ2v) is 2.98. The summed E-state index contributed by atoms with van der Waals surface area (Å²) in [4.78, 5) is 3.81. The smallest absolute Gasteiger partial charge is 0.0942 e. The number of aliphatic hydroxyl groups is 2. The van der Waals surface area contributed by atoms with Crippen LogP contribution in [0, 0.1) is 0 Å². The molecule has 0 aliphatic rings. The van der Waals surface area contributed by atoms with Gasteiger partial charge in [0.15, 0.2) is 0 Å². The Balaban J connectivity index is 2.50. The monoisotopic (exact) mass is 202 g/mol. The first-order valence-electron chi connectivity index (χ1n) is 3.86. The van der Waals surface area contributed by atoms with E-state index in [4.69, 9.17) is 21.8 Å². The molecule has 3 N–H and O–H groups in total. The van der Waals surface area contributed by atoms with E-state index in [1.807, 2.05) is 0 Å². The molecule has 0 radical (unpaired) electrons. The lowest BCUT2D eigenvalue weighted by Gasteiger charge is -2.10. The fourth-order valence-electron chi connectivity index (χ4n) is 0.811. The van der Waals surface area contributed by atoms with Gasteiger partial charge in [-0.2, -0.15) is 0 Å². The molecular formula is C8H11ClN2O2. The molecule has 72 valence electrons. The van der Waals surface area contributed by atoms with Crippen LogP contribution in [0.15, 0.2) is 18.5 Å². The number of anilines is 1. The van der Waals surface area contributed by atoms with E-state index >= 15 is 0 Å². The number of aliphatic hydroxyl groups excluding tert-OH is 2. The van der Waals surface area contributed by atoms with Crippen LogP contribution in [-0.4, -0.2) is 34.5 Å². The van der Waals surface area contributed by atoms with Crippen molar-refractivity contribution in [1.29, 1.82) is 0 Å². The van der Waals surface area contributed by atoms with Crippen LogP contribution >= 0.6 is 11.6 Å². The number of nitrogens with one attached hydrogen (secondary N) is 1. The van der Waals surface area contributed by atoms with E-state index in [2.05, 4.69) is 10.3 Å². The van der Waals surface area contributed by atoms with E-state index in [1.165, 1.54) is 6.20 Å². The average Bonchev–Trinajstić information content (AvgIpc) is 2.16. The lowest BCUT2D eigenvalue weighted by Crippen LogP contribution is -2.23. The topological polar surface area (TPSA) is 65.4 Å². The fourth-order valence-corrected chi connectivity index (χ4v) is 0.997. The van der Waals surface area contributed by atoms with Gasteiger partial charge in [0, 0.05) is 18.9 Å². The molecule has 1 heterocycles. The average molecular weight is 203 g/mol. The Morgan fingerprint density at radius 2 is 2.38 bits per heavy atom. The number of hydrogen-bond acceptors (Lipinski definition) is 4. The van der Waals surface area contributed by atoms with E-state index in [1.54, 1.807) is 12.3 Å². The number of halogens is 1. The lowest BCUT2D eigenvalue weighted by molar-refractivity contribution is 0.105. The predicted molar refractivity (Wildman–Crippen MR) is 50.8 cm³/mol. The van der Waals surface area contributed by atoms with Crippen molar-refractivity contribution < 1.29 is 10.2 Å². The summed E-state index contributed by atoms with van der Waals surface area (Å²) in [5.41, 5.74) is 0.698. The second-order valence-electron chi connectivity index (χ2n) is 2.57. The zero-order valence-electron chi connectivity index (χ0n) is 6.94. The quantitative estimate of drug-likeness (QED) is 0.666. The van der Waals surface area contributed by atoms with Crippen LogP contribution in [-0.2, 0) is 0 Å². The van der Waals surface area contributed by atoms with Crippen LogP contribution in [0.25, 0.3) is 0 Å². The molecule has 0 aromatic carbocycles. The van der Waals surface area contributed by atoms with Crippen LogP contribution < -0.4 is 5.32 Å². The summed E-state index contributed by atoms with van der Waals surface area (Å²) in [6.45, 7) is -0.00403. The number of rotatable bonds is 4. The zero-order valence-corrected chi connectivity index (χ0v) is 7.70. The number of hydrogen-bond donors (Lipinski definition) is 3. The van der Waals surface area contributed by atoms with Gasteiger partial charge in [0.1, 0.15) is 0 Å². The highest BCUT2D eigenvalue weighted by molar-refractivity contribution is 6.33. The summed E-state index contributed by atoms with van der Waals surface area (Å²) >= 11 is 5.78. The molecular weight excluding hydrogens is 192 g/mol. The van der Waals surface area contributed by atoms with Gasteiger partial charge in [-0.1, -0.05) is 11.6 Å². The Kier molecular flexibility index (Phi) is 3.95. The van der Waals surface area contributed by atoms with Crippen LogP contribution in [0.1, 0.15) is 0 Å². The lowest BCUT2D eigenvalue weighted by atomic mass is 10.3. The minimum absolute atomic E-state index is 0.264. The molecule has 1 atom stereocenters. The summed E-state index contributed by atoms with van der Waals surface area (Å²) in [5.74, 6) is 0. The molecule has 13 heavy (non-hydrogen) atoms. The van der Waals surface area contributed by atoms with Crippen molar-refractivity contribution in [2.75, 3.05) is 18.5 Å². The van der Waals surface area contributed by atoms with E-state index < -0.39 is 6.10 Å². The minimum Gasteiger partial charge on any atom is -0.394 e. The predicted octanol–water partition coefficient (Wildman–Crippen LogP) is 0.500. The third kappa shape index (κ3) is 3.18. The summed E-state index contributed by atoms with van der Waals surface area (Å²) < 4.78 is 0. The fraction of sp³-hybridized carbons (Fsp3) is 0.375. The van der Waals surface area contributed by atoms with Gasteiger partial charge in [0.25, 0.3) is 0 Å². The van der Waals surface area contributed by atoms with Gasteiger partial charge in [-0.3, -0.25) is 4.98 Å². The molecule has 0 amide bonds. The SMILES string of the molecule is OCC(O)CNc1ccncc1Cl. The summed E-state index contributed by atoms with van der Waals surface area (Å²) in [6, 6.07) is 1.70. The molecule has 5 heteroatoms. The molecule has 0 bridgehead atoms. The van der Waals surface area contributed by atoms with Gasteiger partial charge in [0.2, 0.25) is 0 Å². The second kappa shape index (κ2) is 5.01. The first kappa shape index (κ1) is 10.2. The largest absolute Gasteiger partial charge is 0.394 e. The van der Waals surface area contributed by atoms with Crippen molar-refractivity contribution in [1.82, 2.24) is 4.98 Å². The van der Waals surface area contributed by atoms with E-state index in [0.717, 1.165) is 0 Å². The van der Waals surface area contributed by atoms with Crippen LogP contribution in [0.5, 0.6) is 0 Å². The maximum atomic E-state index is 9.04. The molecule has 0 spiro atoms. The van der Waals surface area contributed by atoms with Crippen LogP contribution in [0.2, 0.25) is 5.02 Å². The number of aromatic nitrogens is 1. The molecule has 1 aromatic rings. The molecule has 4 nitrogen and oxygen atoms in total. The highest BCUT2D eigenvalue weighted by atomic mass is 35.5.